The number of aromatic nitrogens is 2. The molecule has 1 heterocycles. The number of benzene rings is 3. The molecule has 0 aliphatic heterocycles. The van der Waals surface area contributed by atoms with E-state index in [0.29, 0.717) is 13.2 Å². The number of hydrogen-bond acceptors (Lipinski definition) is 3. The lowest BCUT2D eigenvalue weighted by atomic mass is 10.1. The molecule has 136 valence electrons. The Hall–Kier alpha value is -3.27. The SMILES string of the molecule is COc1ccccc1OCCn1c(-c2cccc(C)c2)nc2ccccc21. The highest BCUT2D eigenvalue weighted by molar-refractivity contribution is 5.80. The van der Waals surface area contributed by atoms with E-state index in [0.717, 1.165) is 33.9 Å². The van der Waals surface area contributed by atoms with Gasteiger partial charge in [0.2, 0.25) is 0 Å². The third-order valence-electron chi connectivity index (χ3n) is 4.57. The number of hydrogen-bond donors (Lipinski definition) is 0. The van der Waals surface area contributed by atoms with Crippen molar-refractivity contribution in [2.24, 2.45) is 0 Å². The predicted octanol–water partition coefficient (Wildman–Crippen LogP) is 5.10. The van der Waals surface area contributed by atoms with E-state index in [4.69, 9.17) is 14.5 Å². The van der Waals surface area contributed by atoms with Gasteiger partial charge in [-0.3, -0.25) is 0 Å². The fourth-order valence-electron chi connectivity index (χ4n) is 3.29. The molecule has 0 spiro atoms. The van der Waals surface area contributed by atoms with Crippen molar-refractivity contribution in [3.8, 4) is 22.9 Å². The molecule has 0 N–H and O–H groups in total. The third-order valence-corrected chi connectivity index (χ3v) is 4.57. The van der Waals surface area contributed by atoms with E-state index < -0.39 is 0 Å². The Kier molecular flexibility index (Phi) is 4.79. The molecule has 0 atom stereocenters. The van der Waals surface area contributed by atoms with Crippen LogP contribution in [0, 0.1) is 6.92 Å². The lowest BCUT2D eigenvalue weighted by Crippen LogP contribution is -2.10. The van der Waals surface area contributed by atoms with Crippen molar-refractivity contribution >= 4 is 11.0 Å². The average Bonchev–Trinajstić information content (AvgIpc) is 3.07. The summed E-state index contributed by atoms with van der Waals surface area (Å²) in [5.41, 5.74) is 4.43. The minimum atomic E-state index is 0.527. The number of ether oxygens (including phenoxy) is 2. The van der Waals surface area contributed by atoms with Gasteiger partial charge in [-0.2, -0.15) is 0 Å². The number of para-hydroxylation sites is 4. The molecule has 0 aliphatic carbocycles. The van der Waals surface area contributed by atoms with E-state index in [1.165, 1.54) is 5.56 Å². The van der Waals surface area contributed by atoms with Gasteiger partial charge >= 0.3 is 0 Å². The van der Waals surface area contributed by atoms with Gasteiger partial charge in [0.1, 0.15) is 12.4 Å². The first kappa shape index (κ1) is 17.2. The highest BCUT2D eigenvalue weighted by Crippen LogP contribution is 2.27. The van der Waals surface area contributed by atoms with E-state index in [1.54, 1.807) is 7.11 Å². The zero-order chi connectivity index (χ0) is 18.6. The van der Waals surface area contributed by atoms with Gasteiger partial charge < -0.3 is 14.0 Å². The summed E-state index contributed by atoms with van der Waals surface area (Å²) in [6.45, 7) is 3.32. The van der Waals surface area contributed by atoms with Crippen LogP contribution in [0.15, 0.2) is 72.8 Å². The molecule has 0 amide bonds. The van der Waals surface area contributed by atoms with E-state index >= 15 is 0 Å². The van der Waals surface area contributed by atoms with E-state index in [2.05, 4.69) is 41.8 Å². The van der Waals surface area contributed by atoms with Crippen molar-refractivity contribution in [1.29, 1.82) is 0 Å². The molecule has 0 saturated heterocycles. The molecule has 0 fully saturated rings. The van der Waals surface area contributed by atoms with Gasteiger partial charge in [-0.05, 0) is 37.3 Å². The number of methoxy groups -OCH3 is 1. The minimum absolute atomic E-state index is 0.527. The third kappa shape index (κ3) is 3.51. The highest BCUT2D eigenvalue weighted by atomic mass is 16.5. The van der Waals surface area contributed by atoms with Crippen LogP contribution in [0.1, 0.15) is 5.56 Å². The van der Waals surface area contributed by atoms with Crippen molar-refractivity contribution < 1.29 is 9.47 Å². The molecule has 0 aliphatic rings. The molecule has 4 nitrogen and oxygen atoms in total. The Balaban J connectivity index is 1.65. The first-order chi connectivity index (χ1) is 13.3. The lowest BCUT2D eigenvalue weighted by molar-refractivity contribution is 0.281. The molecule has 4 rings (SSSR count). The smallest absolute Gasteiger partial charge is 0.161 e. The summed E-state index contributed by atoms with van der Waals surface area (Å²) in [5, 5.41) is 0. The molecule has 27 heavy (non-hydrogen) atoms. The summed E-state index contributed by atoms with van der Waals surface area (Å²) < 4.78 is 13.6. The van der Waals surface area contributed by atoms with E-state index in [-0.39, 0.29) is 0 Å². The van der Waals surface area contributed by atoms with Crippen molar-refractivity contribution in [1.82, 2.24) is 9.55 Å². The Morgan fingerprint density at radius 3 is 2.48 bits per heavy atom. The summed E-state index contributed by atoms with van der Waals surface area (Å²) in [6.07, 6.45) is 0. The van der Waals surface area contributed by atoms with Gasteiger partial charge in [-0.15, -0.1) is 0 Å². The quantitative estimate of drug-likeness (QED) is 0.481. The summed E-state index contributed by atoms with van der Waals surface area (Å²) in [6, 6.07) is 24.4. The lowest BCUT2D eigenvalue weighted by Gasteiger charge is -2.13. The largest absolute Gasteiger partial charge is 0.493 e. The van der Waals surface area contributed by atoms with Gasteiger partial charge in [0.25, 0.3) is 0 Å². The molecule has 0 bridgehead atoms. The molecular formula is C23H22N2O2. The van der Waals surface area contributed by atoms with Gasteiger partial charge in [0, 0.05) is 5.56 Å². The van der Waals surface area contributed by atoms with E-state index in [1.807, 2.05) is 42.5 Å². The summed E-state index contributed by atoms with van der Waals surface area (Å²) in [7, 11) is 1.65. The average molecular weight is 358 g/mol. The monoisotopic (exact) mass is 358 g/mol. The highest BCUT2D eigenvalue weighted by Gasteiger charge is 2.13. The molecule has 0 radical (unpaired) electrons. The van der Waals surface area contributed by atoms with Crippen LogP contribution in [-0.2, 0) is 6.54 Å². The fourth-order valence-corrected chi connectivity index (χ4v) is 3.29. The zero-order valence-electron chi connectivity index (χ0n) is 15.6. The number of rotatable bonds is 6. The normalized spacial score (nSPS) is 10.9. The molecule has 4 heteroatoms. The second-order valence-electron chi connectivity index (χ2n) is 6.44. The summed E-state index contributed by atoms with van der Waals surface area (Å²) in [5.74, 6) is 2.46. The first-order valence-corrected chi connectivity index (χ1v) is 9.04. The Morgan fingerprint density at radius 2 is 1.67 bits per heavy atom. The first-order valence-electron chi connectivity index (χ1n) is 9.04. The van der Waals surface area contributed by atoms with Crippen LogP contribution in [0.2, 0.25) is 0 Å². The van der Waals surface area contributed by atoms with Crippen molar-refractivity contribution in [3.63, 3.8) is 0 Å². The van der Waals surface area contributed by atoms with Crippen LogP contribution in [0.25, 0.3) is 22.4 Å². The molecule has 0 unspecified atom stereocenters. The minimum Gasteiger partial charge on any atom is -0.493 e. The molecule has 1 aromatic heterocycles. The summed E-state index contributed by atoms with van der Waals surface area (Å²) in [4.78, 5) is 4.87. The number of aryl methyl sites for hydroxylation is 1. The van der Waals surface area contributed by atoms with Crippen molar-refractivity contribution in [2.75, 3.05) is 13.7 Å². The predicted molar refractivity (Wildman–Crippen MR) is 108 cm³/mol. The van der Waals surface area contributed by atoms with Crippen LogP contribution in [0.4, 0.5) is 0 Å². The molecule has 3 aromatic carbocycles. The number of nitrogens with zero attached hydrogens (tertiary/aromatic N) is 2. The molecule has 0 saturated carbocycles. The van der Waals surface area contributed by atoms with Crippen molar-refractivity contribution in [3.05, 3.63) is 78.4 Å². The van der Waals surface area contributed by atoms with Gasteiger partial charge in [0.05, 0.1) is 24.7 Å². The topological polar surface area (TPSA) is 36.3 Å². The fraction of sp³-hybridized carbons (Fsp3) is 0.174. The van der Waals surface area contributed by atoms with Gasteiger partial charge in [-0.1, -0.05) is 48.0 Å². The zero-order valence-corrected chi connectivity index (χ0v) is 15.6. The van der Waals surface area contributed by atoms with Crippen molar-refractivity contribution in [2.45, 2.75) is 13.5 Å². The second-order valence-corrected chi connectivity index (χ2v) is 6.44. The molecule has 4 aromatic rings. The van der Waals surface area contributed by atoms with Crippen LogP contribution in [0.3, 0.4) is 0 Å². The standard InChI is InChI=1S/C23H22N2O2/c1-17-8-7-9-18(16-17)23-24-19-10-3-4-11-20(19)25(23)14-15-27-22-13-6-5-12-21(22)26-2/h3-13,16H,14-15H2,1-2H3. The van der Waals surface area contributed by atoms with Gasteiger partial charge in [0.15, 0.2) is 11.5 Å². The number of imidazole rings is 1. The maximum Gasteiger partial charge on any atom is 0.161 e. The molecular weight excluding hydrogens is 336 g/mol. The Morgan fingerprint density at radius 1 is 0.889 bits per heavy atom. The second kappa shape index (κ2) is 7.54. The van der Waals surface area contributed by atoms with Gasteiger partial charge in [-0.25, -0.2) is 4.98 Å². The Bertz CT molecular complexity index is 1070. The Labute approximate surface area is 159 Å². The maximum atomic E-state index is 5.99. The van der Waals surface area contributed by atoms with Crippen LogP contribution in [0.5, 0.6) is 11.5 Å². The maximum absolute atomic E-state index is 5.99. The van der Waals surface area contributed by atoms with Crippen LogP contribution in [-0.4, -0.2) is 23.3 Å². The van der Waals surface area contributed by atoms with E-state index in [9.17, 15) is 0 Å². The summed E-state index contributed by atoms with van der Waals surface area (Å²) >= 11 is 0. The van der Waals surface area contributed by atoms with Crippen LogP contribution >= 0.6 is 0 Å². The van der Waals surface area contributed by atoms with Crippen LogP contribution < -0.4 is 9.47 Å². The number of fused-ring (bicyclic) bond motifs is 1.